The van der Waals surface area contributed by atoms with Gasteiger partial charge in [0, 0.05) is 54.9 Å². The molecule has 0 radical (unpaired) electrons. The number of thiazole rings is 1. The summed E-state index contributed by atoms with van der Waals surface area (Å²) in [4.78, 5) is 40.6. The highest BCUT2D eigenvalue weighted by molar-refractivity contribution is 7.15. The van der Waals surface area contributed by atoms with Gasteiger partial charge < -0.3 is 29.3 Å². The van der Waals surface area contributed by atoms with Crippen LogP contribution in [0.4, 0.5) is 15.7 Å². The molecule has 1 fully saturated rings. The number of carbonyl (C=O) groups is 2. The van der Waals surface area contributed by atoms with Crippen LogP contribution >= 0.6 is 11.3 Å². The Kier molecular flexibility index (Phi) is 10.0. The third-order valence-electron chi connectivity index (χ3n) is 8.98. The number of anilines is 2. The second-order valence-electron chi connectivity index (χ2n) is 14.2. The predicted octanol–water partition coefficient (Wildman–Crippen LogP) is 6.79. The molecule has 5 heterocycles. The summed E-state index contributed by atoms with van der Waals surface area (Å²) in [6, 6.07) is 16.6. The SMILES string of the molecule is COc1ccc(Cn2nc(N[C@@H]3CCCN(C(=O)OC(C)(C)C)C3)c3c(Oc4ccc(C(=O)Nc5nc6c(s5)CCN(C)C6)cc4)ccnc32)cc1. The molecule has 2 N–H and O–H groups in total. The van der Waals surface area contributed by atoms with Crippen LogP contribution in [0.15, 0.2) is 60.8 Å². The summed E-state index contributed by atoms with van der Waals surface area (Å²) in [5.74, 6) is 2.27. The fourth-order valence-corrected chi connectivity index (χ4v) is 7.36. The van der Waals surface area contributed by atoms with E-state index in [1.807, 2.05) is 55.8 Å². The number of nitrogens with zero attached hydrogens (tertiary/aromatic N) is 6. The quantitative estimate of drug-likeness (QED) is 0.167. The molecule has 3 aromatic heterocycles. The van der Waals surface area contributed by atoms with Crippen molar-refractivity contribution in [2.45, 2.75) is 64.8 Å². The van der Waals surface area contributed by atoms with Crippen molar-refractivity contribution in [3.63, 3.8) is 0 Å². The monoisotopic (exact) mass is 724 g/mol. The predicted molar refractivity (Wildman–Crippen MR) is 201 cm³/mol. The summed E-state index contributed by atoms with van der Waals surface area (Å²) < 4.78 is 19.3. The first-order chi connectivity index (χ1) is 25.0. The van der Waals surface area contributed by atoms with Crippen LogP contribution in [-0.4, -0.2) is 87.0 Å². The minimum atomic E-state index is -0.577. The summed E-state index contributed by atoms with van der Waals surface area (Å²) in [5.41, 5.74) is 2.62. The van der Waals surface area contributed by atoms with Crippen LogP contribution in [0.3, 0.4) is 0 Å². The van der Waals surface area contributed by atoms with Crippen molar-refractivity contribution in [2.75, 3.05) is 44.4 Å². The Morgan fingerprint density at radius 1 is 1.02 bits per heavy atom. The number of benzene rings is 2. The summed E-state index contributed by atoms with van der Waals surface area (Å²) >= 11 is 1.54. The number of nitrogens with one attached hydrogen (secondary N) is 2. The van der Waals surface area contributed by atoms with Gasteiger partial charge in [-0.3, -0.25) is 10.1 Å². The number of hydrogen-bond acceptors (Lipinski definition) is 11. The zero-order valence-corrected chi connectivity index (χ0v) is 31.0. The number of pyridine rings is 1. The molecule has 2 amide bonds. The number of methoxy groups -OCH3 is 1. The smallest absolute Gasteiger partial charge is 0.410 e. The molecule has 14 heteroatoms. The van der Waals surface area contributed by atoms with E-state index < -0.39 is 5.60 Å². The Morgan fingerprint density at radius 2 is 1.79 bits per heavy atom. The number of fused-ring (bicyclic) bond motifs is 2. The van der Waals surface area contributed by atoms with Crippen molar-refractivity contribution >= 4 is 45.3 Å². The molecule has 1 saturated heterocycles. The topological polar surface area (TPSA) is 136 Å². The second kappa shape index (κ2) is 14.8. The van der Waals surface area contributed by atoms with Crippen LogP contribution < -0.4 is 20.1 Å². The van der Waals surface area contributed by atoms with Crippen LogP contribution in [0.25, 0.3) is 11.0 Å². The average Bonchev–Trinajstić information content (AvgIpc) is 3.68. The number of aromatic nitrogens is 4. The van der Waals surface area contributed by atoms with Gasteiger partial charge in [0.25, 0.3) is 5.91 Å². The van der Waals surface area contributed by atoms with Gasteiger partial charge in [0.15, 0.2) is 16.6 Å². The third-order valence-corrected chi connectivity index (χ3v) is 10.1. The van der Waals surface area contributed by atoms with Gasteiger partial charge in [-0.2, -0.15) is 5.10 Å². The van der Waals surface area contributed by atoms with E-state index in [1.54, 1.807) is 53.8 Å². The number of amides is 2. The summed E-state index contributed by atoms with van der Waals surface area (Å²) in [6.07, 6.45) is 4.00. The molecule has 1 atom stereocenters. The Hall–Kier alpha value is -5.21. The lowest BCUT2D eigenvalue weighted by molar-refractivity contribution is 0.0206. The van der Waals surface area contributed by atoms with Gasteiger partial charge in [0.2, 0.25) is 0 Å². The standard InChI is InChI=1S/C38H44N8O5S/c1-38(2,3)51-37(48)45-19-6-7-26(22-45)40-33-32-30(16-18-39-34(32)46(43-33)21-24-8-12-27(49-5)13-9-24)50-28-14-10-25(11-15-28)35(47)42-36-41-29-23-44(4)20-17-31(29)52-36/h8-16,18,26H,6-7,17,19-23H2,1-5H3,(H,40,43)(H,41,42,47)/t26-/m1/s1. The second-order valence-corrected chi connectivity index (χ2v) is 15.3. The van der Waals surface area contributed by atoms with Gasteiger partial charge in [0.1, 0.15) is 28.2 Å². The van der Waals surface area contributed by atoms with E-state index in [0.717, 1.165) is 49.4 Å². The van der Waals surface area contributed by atoms with Gasteiger partial charge in [-0.25, -0.2) is 19.4 Å². The first-order valence-electron chi connectivity index (χ1n) is 17.5. The molecule has 0 saturated carbocycles. The van der Waals surface area contributed by atoms with E-state index in [4.69, 9.17) is 24.3 Å². The molecule has 52 heavy (non-hydrogen) atoms. The zero-order chi connectivity index (χ0) is 36.4. The van der Waals surface area contributed by atoms with Crippen LogP contribution in [-0.2, 0) is 24.2 Å². The Balaban J connectivity index is 1.12. The van der Waals surface area contributed by atoms with Gasteiger partial charge >= 0.3 is 6.09 Å². The number of rotatable bonds is 9. The molecule has 0 bridgehead atoms. The maximum atomic E-state index is 13.1. The lowest BCUT2D eigenvalue weighted by Crippen LogP contribution is -2.47. The zero-order valence-electron chi connectivity index (χ0n) is 30.1. The molecule has 2 aromatic carbocycles. The molecule has 2 aliphatic rings. The molecule has 272 valence electrons. The van der Waals surface area contributed by atoms with Crippen molar-refractivity contribution in [3.05, 3.63) is 82.5 Å². The van der Waals surface area contributed by atoms with Gasteiger partial charge in [0.05, 0.1) is 19.3 Å². The van der Waals surface area contributed by atoms with Crippen molar-refractivity contribution in [1.82, 2.24) is 29.5 Å². The molecule has 7 rings (SSSR count). The fourth-order valence-electron chi connectivity index (χ4n) is 6.40. The number of likely N-dealkylation sites (N-methyl/N-ethyl adjacent to an activating group) is 1. The van der Waals surface area contributed by atoms with E-state index in [-0.39, 0.29) is 18.0 Å². The highest BCUT2D eigenvalue weighted by Crippen LogP contribution is 2.36. The molecule has 0 unspecified atom stereocenters. The van der Waals surface area contributed by atoms with Crippen LogP contribution in [0.2, 0.25) is 0 Å². The highest BCUT2D eigenvalue weighted by Gasteiger charge is 2.29. The van der Waals surface area contributed by atoms with E-state index >= 15 is 0 Å². The summed E-state index contributed by atoms with van der Waals surface area (Å²) in [7, 11) is 3.72. The molecular formula is C38H44N8O5S. The highest BCUT2D eigenvalue weighted by atomic mass is 32.1. The van der Waals surface area contributed by atoms with Gasteiger partial charge in [-0.1, -0.05) is 12.1 Å². The van der Waals surface area contributed by atoms with Crippen LogP contribution in [0.1, 0.15) is 60.1 Å². The van der Waals surface area contributed by atoms with Gasteiger partial charge in [-0.15, -0.1) is 11.3 Å². The first kappa shape index (κ1) is 35.2. The van der Waals surface area contributed by atoms with Crippen molar-refractivity contribution < 1.29 is 23.8 Å². The molecule has 2 aliphatic heterocycles. The number of piperidine rings is 1. The molecular weight excluding hydrogens is 681 g/mol. The first-order valence-corrected chi connectivity index (χ1v) is 18.3. The minimum Gasteiger partial charge on any atom is -0.497 e. The van der Waals surface area contributed by atoms with Crippen molar-refractivity contribution in [1.29, 1.82) is 0 Å². The van der Waals surface area contributed by atoms with E-state index in [0.29, 0.717) is 58.7 Å². The molecule has 13 nitrogen and oxygen atoms in total. The lowest BCUT2D eigenvalue weighted by atomic mass is 10.1. The van der Waals surface area contributed by atoms with Crippen LogP contribution in [0.5, 0.6) is 17.2 Å². The lowest BCUT2D eigenvalue weighted by Gasteiger charge is -2.34. The molecule has 0 spiro atoms. The molecule has 5 aromatic rings. The Morgan fingerprint density at radius 3 is 2.54 bits per heavy atom. The summed E-state index contributed by atoms with van der Waals surface area (Å²) in [5, 5.41) is 12.9. The Bertz CT molecular complexity index is 2050. The van der Waals surface area contributed by atoms with E-state index in [9.17, 15) is 9.59 Å². The van der Waals surface area contributed by atoms with Crippen molar-refractivity contribution in [3.8, 4) is 17.2 Å². The van der Waals surface area contributed by atoms with E-state index in [2.05, 4.69) is 27.6 Å². The number of likely N-dealkylation sites (tertiary alicyclic amines) is 1. The summed E-state index contributed by atoms with van der Waals surface area (Å²) in [6.45, 7) is 8.97. The fraction of sp³-hybridized carbons (Fsp3) is 0.395. The van der Waals surface area contributed by atoms with Gasteiger partial charge in [-0.05, 0) is 89.0 Å². The number of carbonyl (C=O) groups excluding carboxylic acids is 2. The Labute approximate surface area is 306 Å². The normalized spacial score (nSPS) is 16.3. The maximum absolute atomic E-state index is 13.1. The number of hydrogen-bond donors (Lipinski definition) is 2. The van der Waals surface area contributed by atoms with Crippen LogP contribution in [0, 0.1) is 0 Å². The third kappa shape index (κ3) is 8.13. The average molecular weight is 725 g/mol. The van der Waals surface area contributed by atoms with E-state index in [1.165, 1.54) is 4.88 Å². The largest absolute Gasteiger partial charge is 0.497 e. The maximum Gasteiger partial charge on any atom is 0.410 e. The van der Waals surface area contributed by atoms with Crippen molar-refractivity contribution in [2.24, 2.45) is 0 Å². The molecule has 0 aliphatic carbocycles. The number of ether oxygens (including phenoxy) is 3. The minimum absolute atomic E-state index is 0.0658.